The first-order valence-electron chi connectivity index (χ1n) is 8.52. The number of hydrogen-bond donors (Lipinski definition) is 2. The zero-order valence-corrected chi connectivity index (χ0v) is 16.4. The van der Waals surface area contributed by atoms with Crippen LogP contribution in [0.15, 0.2) is 59.5 Å². The van der Waals surface area contributed by atoms with Gasteiger partial charge in [-0.1, -0.05) is 48.0 Å². The number of carbonyl (C=O) groups is 1. The van der Waals surface area contributed by atoms with E-state index in [2.05, 4.69) is 10.0 Å². The molecule has 0 bridgehead atoms. The van der Waals surface area contributed by atoms with E-state index in [-0.39, 0.29) is 17.2 Å². The van der Waals surface area contributed by atoms with Gasteiger partial charge in [0.1, 0.15) is 6.04 Å². The number of aryl methyl sites for hydroxylation is 1. The van der Waals surface area contributed by atoms with E-state index >= 15 is 0 Å². The molecule has 0 saturated carbocycles. The Morgan fingerprint density at radius 3 is 2.12 bits per heavy atom. The molecule has 1 amide bonds. The van der Waals surface area contributed by atoms with Gasteiger partial charge in [0.2, 0.25) is 15.9 Å². The molecule has 2 aromatic carbocycles. The molecule has 2 N–H and O–H groups in total. The summed E-state index contributed by atoms with van der Waals surface area (Å²) in [7, 11) is -3.81. The van der Waals surface area contributed by atoms with Crippen molar-refractivity contribution in [2.75, 3.05) is 0 Å². The average Bonchev–Trinajstić information content (AvgIpc) is 2.54. The Balaban J connectivity index is 2.27. The van der Waals surface area contributed by atoms with Gasteiger partial charge >= 0.3 is 0 Å². The van der Waals surface area contributed by atoms with Gasteiger partial charge in [-0.2, -0.15) is 4.72 Å². The van der Waals surface area contributed by atoms with Crippen molar-refractivity contribution < 1.29 is 13.2 Å². The molecule has 0 saturated heterocycles. The quantitative estimate of drug-likeness (QED) is 0.816. The van der Waals surface area contributed by atoms with Crippen molar-refractivity contribution in [2.24, 2.45) is 0 Å². The molecule has 0 aliphatic heterocycles. The molecule has 140 valence electrons. The molecule has 0 aliphatic carbocycles. The SMILES string of the molecule is Cc1ccc(S(=O)(=O)N[C@H](Cc2ccccc2)C(=O)NC(C)(C)C)cc1. The lowest BCUT2D eigenvalue weighted by atomic mass is 10.0. The van der Waals surface area contributed by atoms with Crippen LogP contribution in [0, 0.1) is 6.92 Å². The molecule has 0 fully saturated rings. The fourth-order valence-electron chi connectivity index (χ4n) is 2.47. The van der Waals surface area contributed by atoms with Crippen molar-refractivity contribution in [3.05, 3.63) is 65.7 Å². The highest BCUT2D eigenvalue weighted by Gasteiger charge is 2.28. The van der Waals surface area contributed by atoms with Crippen LogP contribution < -0.4 is 10.0 Å². The van der Waals surface area contributed by atoms with Gasteiger partial charge in [0, 0.05) is 5.54 Å². The Hall–Kier alpha value is -2.18. The van der Waals surface area contributed by atoms with Crippen LogP contribution in [-0.2, 0) is 21.2 Å². The van der Waals surface area contributed by atoms with Crippen LogP contribution in [0.2, 0.25) is 0 Å². The summed E-state index contributed by atoms with van der Waals surface area (Å²) < 4.78 is 28.0. The Bertz CT molecular complexity index is 839. The lowest BCUT2D eigenvalue weighted by Gasteiger charge is -2.25. The summed E-state index contributed by atoms with van der Waals surface area (Å²) in [6.45, 7) is 7.47. The predicted molar refractivity (Wildman–Crippen MR) is 103 cm³/mol. The normalized spacial score (nSPS) is 13.2. The van der Waals surface area contributed by atoms with E-state index in [0.717, 1.165) is 11.1 Å². The Morgan fingerprint density at radius 1 is 1.00 bits per heavy atom. The van der Waals surface area contributed by atoms with Crippen molar-refractivity contribution in [2.45, 2.75) is 50.6 Å². The van der Waals surface area contributed by atoms with Crippen molar-refractivity contribution in [3.63, 3.8) is 0 Å². The second kappa shape index (κ2) is 8.01. The number of hydrogen-bond acceptors (Lipinski definition) is 3. The minimum Gasteiger partial charge on any atom is -0.350 e. The topological polar surface area (TPSA) is 75.3 Å². The molecule has 5 nitrogen and oxygen atoms in total. The molecular formula is C20H26N2O3S. The van der Waals surface area contributed by atoms with E-state index in [0.29, 0.717) is 0 Å². The lowest BCUT2D eigenvalue weighted by molar-refractivity contribution is -0.124. The summed E-state index contributed by atoms with van der Waals surface area (Å²) >= 11 is 0. The molecular weight excluding hydrogens is 348 g/mol. The molecule has 26 heavy (non-hydrogen) atoms. The number of benzene rings is 2. The number of amides is 1. The zero-order valence-electron chi connectivity index (χ0n) is 15.6. The van der Waals surface area contributed by atoms with E-state index in [1.54, 1.807) is 24.3 Å². The summed E-state index contributed by atoms with van der Waals surface area (Å²) in [5, 5.41) is 2.86. The van der Waals surface area contributed by atoms with Gasteiger partial charge in [0.15, 0.2) is 0 Å². The summed E-state index contributed by atoms with van der Waals surface area (Å²) in [4.78, 5) is 12.8. The Kier molecular flexibility index (Phi) is 6.21. The molecule has 2 aromatic rings. The molecule has 2 rings (SSSR count). The van der Waals surface area contributed by atoms with Crippen LogP contribution in [0.1, 0.15) is 31.9 Å². The molecule has 6 heteroatoms. The van der Waals surface area contributed by atoms with Crippen molar-refractivity contribution in [1.82, 2.24) is 10.0 Å². The zero-order chi connectivity index (χ0) is 19.4. The fourth-order valence-corrected chi connectivity index (χ4v) is 3.66. The third kappa shape index (κ3) is 5.97. The minimum atomic E-state index is -3.81. The number of carbonyl (C=O) groups excluding carboxylic acids is 1. The van der Waals surface area contributed by atoms with Gasteiger partial charge in [-0.3, -0.25) is 4.79 Å². The maximum Gasteiger partial charge on any atom is 0.241 e. The minimum absolute atomic E-state index is 0.143. The molecule has 0 radical (unpaired) electrons. The molecule has 0 unspecified atom stereocenters. The van der Waals surface area contributed by atoms with E-state index in [9.17, 15) is 13.2 Å². The average molecular weight is 375 g/mol. The maximum atomic E-state index is 12.7. The number of nitrogens with one attached hydrogen (secondary N) is 2. The molecule has 1 atom stereocenters. The van der Waals surface area contributed by atoms with Gasteiger partial charge < -0.3 is 5.32 Å². The smallest absolute Gasteiger partial charge is 0.241 e. The van der Waals surface area contributed by atoms with E-state index in [4.69, 9.17) is 0 Å². The van der Waals surface area contributed by atoms with Crippen LogP contribution >= 0.6 is 0 Å². The first-order valence-corrected chi connectivity index (χ1v) is 10.0. The summed E-state index contributed by atoms with van der Waals surface area (Å²) in [5.74, 6) is -0.350. The second-order valence-electron chi connectivity index (χ2n) is 7.42. The van der Waals surface area contributed by atoms with Crippen molar-refractivity contribution in [1.29, 1.82) is 0 Å². The fraction of sp³-hybridized carbons (Fsp3) is 0.350. The Labute approximate surface area is 155 Å². The van der Waals surface area contributed by atoms with Crippen LogP contribution in [0.4, 0.5) is 0 Å². The molecule has 0 aromatic heterocycles. The first-order chi connectivity index (χ1) is 12.1. The van der Waals surface area contributed by atoms with Crippen molar-refractivity contribution >= 4 is 15.9 Å². The largest absolute Gasteiger partial charge is 0.350 e. The molecule has 0 spiro atoms. The van der Waals surface area contributed by atoms with Gasteiger partial charge in [-0.05, 0) is 51.8 Å². The van der Waals surface area contributed by atoms with Crippen LogP contribution in [0.3, 0.4) is 0 Å². The predicted octanol–water partition coefficient (Wildman–Crippen LogP) is 2.80. The van der Waals surface area contributed by atoms with E-state index in [1.807, 2.05) is 58.0 Å². The molecule has 0 heterocycles. The second-order valence-corrected chi connectivity index (χ2v) is 9.13. The third-order valence-electron chi connectivity index (χ3n) is 3.73. The summed E-state index contributed by atoms with van der Waals surface area (Å²) in [6, 6.07) is 15.0. The van der Waals surface area contributed by atoms with Crippen LogP contribution in [0.25, 0.3) is 0 Å². The first kappa shape index (κ1) is 20.1. The number of sulfonamides is 1. The lowest BCUT2D eigenvalue weighted by Crippen LogP contribution is -2.52. The van der Waals surface area contributed by atoms with Crippen molar-refractivity contribution in [3.8, 4) is 0 Å². The highest BCUT2D eigenvalue weighted by Crippen LogP contribution is 2.13. The van der Waals surface area contributed by atoms with Gasteiger partial charge in [-0.25, -0.2) is 8.42 Å². The van der Waals surface area contributed by atoms with E-state index < -0.39 is 21.6 Å². The standard InChI is InChI=1S/C20H26N2O3S/c1-15-10-12-17(13-11-15)26(24,25)22-18(19(23)21-20(2,3)4)14-16-8-6-5-7-9-16/h5-13,18,22H,14H2,1-4H3,(H,21,23)/t18-/m1/s1. The summed E-state index contributed by atoms with van der Waals surface area (Å²) in [6.07, 6.45) is 0.272. The summed E-state index contributed by atoms with van der Waals surface area (Å²) in [5.41, 5.74) is 1.39. The third-order valence-corrected chi connectivity index (χ3v) is 5.21. The van der Waals surface area contributed by atoms with Gasteiger partial charge in [0.25, 0.3) is 0 Å². The highest BCUT2D eigenvalue weighted by molar-refractivity contribution is 7.89. The van der Waals surface area contributed by atoms with Crippen LogP contribution in [-0.4, -0.2) is 25.9 Å². The van der Waals surface area contributed by atoms with Gasteiger partial charge in [0.05, 0.1) is 4.90 Å². The van der Waals surface area contributed by atoms with E-state index in [1.165, 1.54) is 0 Å². The highest BCUT2D eigenvalue weighted by atomic mass is 32.2. The molecule has 0 aliphatic rings. The number of rotatable bonds is 6. The monoisotopic (exact) mass is 374 g/mol. The van der Waals surface area contributed by atoms with Crippen LogP contribution in [0.5, 0.6) is 0 Å². The maximum absolute atomic E-state index is 12.7. The Morgan fingerprint density at radius 2 is 1.58 bits per heavy atom. The van der Waals surface area contributed by atoms with Gasteiger partial charge in [-0.15, -0.1) is 0 Å².